The molecule has 0 radical (unpaired) electrons. The molecule has 1 atom stereocenters. The molecule has 1 saturated heterocycles. The van der Waals surface area contributed by atoms with Crippen LogP contribution >= 0.6 is 0 Å². The van der Waals surface area contributed by atoms with E-state index in [1.165, 1.54) is 12.3 Å². The van der Waals surface area contributed by atoms with E-state index in [1.54, 1.807) is 6.07 Å². The number of hydrogen-bond acceptors (Lipinski definition) is 3. The van der Waals surface area contributed by atoms with Crippen molar-refractivity contribution in [2.24, 2.45) is 5.92 Å². The molecule has 108 valence electrons. The van der Waals surface area contributed by atoms with Crippen LogP contribution in [-0.4, -0.2) is 39.5 Å². The molecule has 0 saturated carbocycles. The molecule has 1 aliphatic heterocycles. The number of amides is 1. The predicted octanol–water partition coefficient (Wildman–Crippen LogP) is 2.43. The van der Waals surface area contributed by atoms with Gasteiger partial charge < -0.3 is 10.0 Å². The second kappa shape index (κ2) is 6.03. The van der Waals surface area contributed by atoms with E-state index in [4.69, 9.17) is 5.11 Å². The van der Waals surface area contributed by atoms with Crippen LogP contribution in [0.4, 0.5) is 0 Å². The summed E-state index contributed by atoms with van der Waals surface area (Å²) in [5.74, 6) is -0.799. The van der Waals surface area contributed by atoms with Gasteiger partial charge in [-0.05, 0) is 37.3 Å². The van der Waals surface area contributed by atoms with Gasteiger partial charge in [-0.2, -0.15) is 0 Å². The van der Waals surface area contributed by atoms with Crippen LogP contribution in [0.2, 0.25) is 0 Å². The number of rotatable bonds is 3. The third-order valence-electron chi connectivity index (χ3n) is 3.81. The number of likely N-dealkylation sites (tertiary alicyclic amines) is 1. The molecule has 1 amide bonds. The van der Waals surface area contributed by atoms with Crippen molar-refractivity contribution in [3.63, 3.8) is 0 Å². The molecule has 1 unspecified atom stereocenters. The van der Waals surface area contributed by atoms with Crippen LogP contribution in [-0.2, 0) is 0 Å². The van der Waals surface area contributed by atoms with E-state index < -0.39 is 5.97 Å². The van der Waals surface area contributed by atoms with Crippen molar-refractivity contribution in [2.45, 2.75) is 39.2 Å². The van der Waals surface area contributed by atoms with Crippen LogP contribution in [0.25, 0.3) is 0 Å². The number of carboxylic acid groups (broad SMARTS) is 1. The molecule has 1 aliphatic rings. The van der Waals surface area contributed by atoms with Gasteiger partial charge in [0, 0.05) is 24.3 Å². The van der Waals surface area contributed by atoms with Gasteiger partial charge in [0.2, 0.25) is 0 Å². The molecular weight excluding hydrogens is 256 g/mol. The average Bonchev–Trinajstić information content (AvgIpc) is 2.46. The standard InChI is InChI=1S/C15H20N2O3/c1-10(2)13-5-3-4-8-17(13)14(18)11-6-7-16-12(9-11)15(19)20/h6-7,9-10,13H,3-5,8H2,1-2H3,(H,19,20). The van der Waals surface area contributed by atoms with Gasteiger partial charge in [-0.3, -0.25) is 4.79 Å². The summed E-state index contributed by atoms with van der Waals surface area (Å²) in [5.41, 5.74) is 0.318. The largest absolute Gasteiger partial charge is 0.477 e. The van der Waals surface area contributed by atoms with Crippen LogP contribution in [0.1, 0.15) is 54.0 Å². The Bertz CT molecular complexity index is 514. The average molecular weight is 276 g/mol. The third-order valence-corrected chi connectivity index (χ3v) is 3.81. The number of pyridine rings is 1. The minimum atomic E-state index is -1.11. The maximum atomic E-state index is 12.6. The van der Waals surface area contributed by atoms with Crippen molar-refractivity contribution in [3.8, 4) is 0 Å². The predicted molar refractivity (Wildman–Crippen MR) is 74.7 cm³/mol. The number of nitrogens with zero attached hydrogens (tertiary/aromatic N) is 2. The zero-order valence-electron chi connectivity index (χ0n) is 11.9. The van der Waals surface area contributed by atoms with E-state index in [2.05, 4.69) is 18.8 Å². The fraction of sp³-hybridized carbons (Fsp3) is 0.533. The Morgan fingerprint density at radius 1 is 1.40 bits per heavy atom. The highest BCUT2D eigenvalue weighted by molar-refractivity contribution is 5.96. The number of aromatic carboxylic acids is 1. The van der Waals surface area contributed by atoms with E-state index in [-0.39, 0.29) is 17.6 Å². The first-order chi connectivity index (χ1) is 9.50. The van der Waals surface area contributed by atoms with E-state index in [1.807, 2.05) is 4.90 Å². The van der Waals surface area contributed by atoms with Gasteiger partial charge in [-0.25, -0.2) is 9.78 Å². The van der Waals surface area contributed by atoms with Gasteiger partial charge in [-0.15, -0.1) is 0 Å². The summed E-state index contributed by atoms with van der Waals surface area (Å²) in [7, 11) is 0. The van der Waals surface area contributed by atoms with Crippen molar-refractivity contribution in [2.75, 3.05) is 6.54 Å². The topological polar surface area (TPSA) is 70.5 Å². The molecule has 0 aliphatic carbocycles. The summed E-state index contributed by atoms with van der Waals surface area (Å²) >= 11 is 0. The number of carbonyl (C=O) groups is 2. The van der Waals surface area contributed by atoms with Crippen molar-refractivity contribution in [3.05, 3.63) is 29.6 Å². The summed E-state index contributed by atoms with van der Waals surface area (Å²) in [6, 6.07) is 3.18. The summed E-state index contributed by atoms with van der Waals surface area (Å²) in [5, 5.41) is 8.95. The smallest absolute Gasteiger partial charge is 0.354 e. The monoisotopic (exact) mass is 276 g/mol. The fourth-order valence-corrected chi connectivity index (χ4v) is 2.75. The highest BCUT2D eigenvalue weighted by atomic mass is 16.4. The molecule has 0 spiro atoms. The lowest BCUT2D eigenvalue weighted by atomic mass is 9.92. The summed E-state index contributed by atoms with van der Waals surface area (Å²) in [4.78, 5) is 29.2. The molecule has 1 fully saturated rings. The third kappa shape index (κ3) is 2.98. The quantitative estimate of drug-likeness (QED) is 0.920. The minimum Gasteiger partial charge on any atom is -0.477 e. The summed E-state index contributed by atoms with van der Waals surface area (Å²) < 4.78 is 0. The Morgan fingerprint density at radius 2 is 2.15 bits per heavy atom. The minimum absolute atomic E-state index is 0.0889. The zero-order chi connectivity index (χ0) is 14.7. The first-order valence-electron chi connectivity index (χ1n) is 7.01. The van der Waals surface area contributed by atoms with E-state index >= 15 is 0 Å². The fourth-order valence-electron chi connectivity index (χ4n) is 2.75. The van der Waals surface area contributed by atoms with E-state index in [0.29, 0.717) is 11.5 Å². The van der Waals surface area contributed by atoms with Crippen molar-refractivity contribution >= 4 is 11.9 Å². The van der Waals surface area contributed by atoms with Crippen LogP contribution in [0, 0.1) is 5.92 Å². The first kappa shape index (κ1) is 14.5. The van der Waals surface area contributed by atoms with Gasteiger partial charge in [0.05, 0.1) is 0 Å². The molecule has 20 heavy (non-hydrogen) atoms. The molecule has 0 aromatic carbocycles. The number of carboxylic acids is 1. The molecule has 5 nitrogen and oxygen atoms in total. The molecule has 0 bridgehead atoms. The lowest BCUT2D eigenvalue weighted by molar-refractivity contribution is 0.0543. The van der Waals surface area contributed by atoms with Crippen molar-refractivity contribution in [1.82, 2.24) is 9.88 Å². The SMILES string of the molecule is CC(C)C1CCCCN1C(=O)c1ccnc(C(=O)O)c1. The number of aromatic nitrogens is 1. The Kier molecular flexibility index (Phi) is 4.37. The van der Waals surface area contributed by atoms with Crippen molar-refractivity contribution < 1.29 is 14.7 Å². The highest BCUT2D eigenvalue weighted by Gasteiger charge is 2.29. The van der Waals surface area contributed by atoms with Gasteiger partial charge in [0.1, 0.15) is 5.69 Å². The van der Waals surface area contributed by atoms with Gasteiger partial charge in [0.25, 0.3) is 5.91 Å². The van der Waals surface area contributed by atoms with E-state index in [0.717, 1.165) is 25.8 Å². The zero-order valence-corrected chi connectivity index (χ0v) is 11.9. The van der Waals surface area contributed by atoms with Crippen LogP contribution in [0.3, 0.4) is 0 Å². The van der Waals surface area contributed by atoms with Gasteiger partial charge in [0.15, 0.2) is 0 Å². The number of hydrogen-bond donors (Lipinski definition) is 1. The van der Waals surface area contributed by atoms with Crippen molar-refractivity contribution in [1.29, 1.82) is 0 Å². The second-order valence-corrected chi connectivity index (χ2v) is 5.54. The Morgan fingerprint density at radius 3 is 2.80 bits per heavy atom. The molecular formula is C15H20N2O3. The number of carbonyl (C=O) groups excluding carboxylic acids is 1. The lowest BCUT2D eigenvalue weighted by Crippen LogP contribution is -2.46. The summed E-state index contributed by atoms with van der Waals surface area (Å²) in [6.07, 6.45) is 4.54. The molecule has 5 heteroatoms. The maximum Gasteiger partial charge on any atom is 0.354 e. The first-order valence-corrected chi connectivity index (χ1v) is 7.01. The van der Waals surface area contributed by atoms with Gasteiger partial charge >= 0.3 is 5.97 Å². The maximum absolute atomic E-state index is 12.6. The van der Waals surface area contributed by atoms with Gasteiger partial charge in [-0.1, -0.05) is 13.8 Å². The van der Waals surface area contributed by atoms with E-state index in [9.17, 15) is 9.59 Å². The Balaban J connectivity index is 2.25. The second-order valence-electron chi connectivity index (χ2n) is 5.54. The highest BCUT2D eigenvalue weighted by Crippen LogP contribution is 2.24. The normalized spacial score (nSPS) is 19.1. The summed E-state index contributed by atoms with van der Waals surface area (Å²) in [6.45, 7) is 4.98. The van der Waals surface area contributed by atoms with Crippen LogP contribution in [0.15, 0.2) is 18.3 Å². The molecule has 1 aromatic rings. The van der Waals surface area contributed by atoms with Crippen LogP contribution in [0.5, 0.6) is 0 Å². The molecule has 2 rings (SSSR count). The molecule has 2 heterocycles. The van der Waals surface area contributed by atoms with Crippen LogP contribution < -0.4 is 0 Å². The number of piperidine rings is 1. The molecule has 1 aromatic heterocycles. The Labute approximate surface area is 118 Å². The Hall–Kier alpha value is -1.91. The molecule has 1 N–H and O–H groups in total. The lowest BCUT2D eigenvalue weighted by Gasteiger charge is -2.38.